The lowest BCUT2D eigenvalue weighted by molar-refractivity contribution is -0.137. The fourth-order valence-corrected chi connectivity index (χ4v) is 2.14. The highest BCUT2D eigenvalue weighted by Gasteiger charge is 2.04. The van der Waals surface area contributed by atoms with E-state index in [1.807, 2.05) is 48.9 Å². The molecule has 2 rings (SSSR count). The number of nitrogens with zero attached hydrogens (tertiary/aromatic N) is 2. The zero-order chi connectivity index (χ0) is 13.8. The lowest BCUT2D eigenvalue weighted by Crippen LogP contribution is -1.99. The van der Waals surface area contributed by atoms with E-state index in [0.717, 1.165) is 29.1 Å². The van der Waals surface area contributed by atoms with Crippen molar-refractivity contribution in [3.63, 3.8) is 0 Å². The van der Waals surface area contributed by atoms with Crippen LogP contribution in [0, 0.1) is 13.8 Å². The minimum absolute atomic E-state index is 0.221. The van der Waals surface area contributed by atoms with Gasteiger partial charge in [-0.3, -0.25) is 4.79 Å². The maximum absolute atomic E-state index is 10.5. The molecule has 4 heteroatoms. The first-order valence-electron chi connectivity index (χ1n) is 6.40. The van der Waals surface area contributed by atoms with Crippen molar-refractivity contribution in [2.75, 3.05) is 0 Å². The predicted molar refractivity (Wildman–Crippen MR) is 73.6 cm³/mol. The van der Waals surface area contributed by atoms with Crippen molar-refractivity contribution in [1.29, 1.82) is 0 Å². The first kappa shape index (κ1) is 13.3. The average molecular weight is 258 g/mol. The van der Waals surface area contributed by atoms with Gasteiger partial charge >= 0.3 is 5.97 Å². The van der Waals surface area contributed by atoms with E-state index in [9.17, 15) is 4.79 Å². The smallest absolute Gasteiger partial charge is 0.303 e. The van der Waals surface area contributed by atoms with Crippen molar-refractivity contribution in [2.24, 2.45) is 0 Å². The highest BCUT2D eigenvalue weighted by atomic mass is 16.4. The normalized spacial score (nSPS) is 10.6. The van der Waals surface area contributed by atoms with Crippen LogP contribution in [0.4, 0.5) is 0 Å². The fraction of sp³-hybridized carbons (Fsp3) is 0.333. The molecule has 0 fully saturated rings. The molecule has 0 amide bonds. The van der Waals surface area contributed by atoms with Crippen LogP contribution in [0.1, 0.15) is 29.8 Å². The summed E-state index contributed by atoms with van der Waals surface area (Å²) in [7, 11) is 0. The Morgan fingerprint density at radius 2 is 1.95 bits per heavy atom. The summed E-state index contributed by atoms with van der Waals surface area (Å²) >= 11 is 0. The van der Waals surface area contributed by atoms with Crippen LogP contribution in [0.5, 0.6) is 0 Å². The van der Waals surface area contributed by atoms with Gasteiger partial charge in [0.25, 0.3) is 0 Å². The molecular formula is C15H18N2O2. The monoisotopic (exact) mass is 258 g/mol. The Balaban J connectivity index is 2.06. The molecule has 1 aromatic carbocycles. The van der Waals surface area contributed by atoms with Gasteiger partial charge in [0.15, 0.2) is 0 Å². The van der Waals surface area contributed by atoms with Crippen LogP contribution in [0.3, 0.4) is 0 Å². The molecule has 1 aromatic heterocycles. The van der Waals surface area contributed by atoms with E-state index < -0.39 is 5.97 Å². The first-order valence-corrected chi connectivity index (χ1v) is 6.40. The Bertz CT molecular complexity index is 570. The zero-order valence-corrected chi connectivity index (χ0v) is 11.3. The molecule has 0 spiro atoms. The Morgan fingerprint density at radius 3 is 2.47 bits per heavy atom. The van der Waals surface area contributed by atoms with Gasteiger partial charge in [-0.15, -0.1) is 0 Å². The molecule has 4 nitrogen and oxygen atoms in total. The number of benzene rings is 1. The van der Waals surface area contributed by atoms with Crippen LogP contribution in [0.15, 0.2) is 30.3 Å². The third-order valence-electron chi connectivity index (χ3n) is 3.05. The zero-order valence-electron chi connectivity index (χ0n) is 11.3. The van der Waals surface area contributed by atoms with Gasteiger partial charge in [0.1, 0.15) is 0 Å². The molecule has 2 aromatic rings. The van der Waals surface area contributed by atoms with Gasteiger partial charge in [0.2, 0.25) is 0 Å². The van der Waals surface area contributed by atoms with E-state index in [0.29, 0.717) is 6.42 Å². The number of aromatic nitrogens is 2. The summed E-state index contributed by atoms with van der Waals surface area (Å²) in [6.07, 6.45) is 1.69. The molecule has 0 saturated carbocycles. The summed E-state index contributed by atoms with van der Waals surface area (Å²) in [6, 6.07) is 10.2. The lowest BCUT2D eigenvalue weighted by atomic mass is 10.1. The van der Waals surface area contributed by atoms with E-state index in [1.165, 1.54) is 0 Å². The second-order valence-corrected chi connectivity index (χ2v) is 4.75. The summed E-state index contributed by atoms with van der Waals surface area (Å²) in [5.74, 6) is -0.737. The van der Waals surface area contributed by atoms with Crippen molar-refractivity contribution >= 4 is 5.97 Å². The molecule has 1 heterocycles. The Morgan fingerprint density at radius 1 is 1.26 bits per heavy atom. The molecule has 0 aliphatic carbocycles. The van der Waals surface area contributed by atoms with Gasteiger partial charge in [-0.1, -0.05) is 12.1 Å². The molecule has 0 atom stereocenters. The Kier molecular flexibility index (Phi) is 4.00. The predicted octanol–water partition coefficient (Wildman–Crippen LogP) is 2.90. The molecule has 0 aliphatic rings. The molecule has 0 aliphatic heterocycles. The average Bonchev–Trinajstić information content (AvgIpc) is 2.69. The van der Waals surface area contributed by atoms with Crippen molar-refractivity contribution in [3.05, 3.63) is 47.3 Å². The van der Waals surface area contributed by atoms with Gasteiger partial charge in [-0.25, -0.2) is 4.68 Å². The topological polar surface area (TPSA) is 55.1 Å². The Labute approximate surface area is 112 Å². The molecule has 19 heavy (non-hydrogen) atoms. The Hall–Kier alpha value is -2.10. The van der Waals surface area contributed by atoms with Crippen LogP contribution < -0.4 is 0 Å². The molecule has 1 N–H and O–H groups in total. The van der Waals surface area contributed by atoms with Crippen LogP contribution in [0.2, 0.25) is 0 Å². The number of hydrogen-bond donors (Lipinski definition) is 1. The van der Waals surface area contributed by atoms with Crippen LogP contribution in [0.25, 0.3) is 5.69 Å². The van der Waals surface area contributed by atoms with Crippen LogP contribution in [-0.2, 0) is 11.2 Å². The summed E-state index contributed by atoms with van der Waals surface area (Å²) in [6.45, 7) is 4.00. The van der Waals surface area contributed by atoms with Crippen LogP contribution in [-0.4, -0.2) is 20.9 Å². The molecular weight excluding hydrogens is 240 g/mol. The van der Waals surface area contributed by atoms with E-state index in [4.69, 9.17) is 5.11 Å². The van der Waals surface area contributed by atoms with E-state index in [2.05, 4.69) is 5.10 Å². The second-order valence-electron chi connectivity index (χ2n) is 4.75. The number of aryl methyl sites for hydroxylation is 3. The SMILES string of the molecule is Cc1cc(C)n(-c2ccc(CCCC(=O)O)cc2)n1. The molecule has 0 unspecified atom stereocenters. The highest BCUT2D eigenvalue weighted by Crippen LogP contribution is 2.14. The third-order valence-corrected chi connectivity index (χ3v) is 3.05. The maximum Gasteiger partial charge on any atom is 0.303 e. The van der Waals surface area contributed by atoms with E-state index in [-0.39, 0.29) is 6.42 Å². The summed E-state index contributed by atoms with van der Waals surface area (Å²) in [4.78, 5) is 10.5. The summed E-state index contributed by atoms with van der Waals surface area (Å²) < 4.78 is 1.91. The number of aliphatic carboxylic acids is 1. The van der Waals surface area contributed by atoms with E-state index >= 15 is 0 Å². The number of carboxylic acid groups (broad SMARTS) is 1. The first-order chi connectivity index (χ1) is 9.06. The largest absolute Gasteiger partial charge is 0.481 e. The van der Waals surface area contributed by atoms with Crippen molar-refractivity contribution in [2.45, 2.75) is 33.1 Å². The van der Waals surface area contributed by atoms with Gasteiger partial charge in [0.05, 0.1) is 11.4 Å². The highest BCUT2D eigenvalue weighted by molar-refractivity contribution is 5.66. The van der Waals surface area contributed by atoms with Crippen molar-refractivity contribution in [3.8, 4) is 5.69 Å². The third kappa shape index (κ3) is 3.44. The number of rotatable bonds is 5. The standard InChI is InChI=1S/C15H18N2O2/c1-11-10-12(2)17(16-11)14-8-6-13(7-9-14)4-3-5-15(18)19/h6-10H,3-5H2,1-2H3,(H,18,19). The van der Waals surface area contributed by atoms with Gasteiger partial charge in [-0.05, 0) is 50.5 Å². The van der Waals surface area contributed by atoms with Crippen molar-refractivity contribution < 1.29 is 9.90 Å². The number of carboxylic acids is 1. The summed E-state index contributed by atoms with van der Waals surface area (Å²) in [5.41, 5.74) is 4.30. The molecule has 0 saturated heterocycles. The molecule has 100 valence electrons. The van der Waals surface area contributed by atoms with Gasteiger partial charge < -0.3 is 5.11 Å². The molecule has 0 radical (unpaired) electrons. The minimum atomic E-state index is -0.737. The minimum Gasteiger partial charge on any atom is -0.481 e. The summed E-state index contributed by atoms with van der Waals surface area (Å²) in [5, 5.41) is 13.0. The molecule has 0 bridgehead atoms. The lowest BCUT2D eigenvalue weighted by Gasteiger charge is -2.06. The number of hydrogen-bond acceptors (Lipinski definition) is 2. The quantitative estimate of drug-likeness (QED) is 0.897. The van der Waals surface area contributed by atoms with Crippen molar-refractivity contribution in [1.82, 2.24) is 9.78 Å². The van der Waals surface area contributed by atoms with E-state index in [1.54, 1.807) is 0 Å². The maximum atomic E-state index is 10.5. The van der Waals surface area contributed by atoms with Gasteiger partial charge in [-0.2, -0.15) is 5.10 Å². The van der Waals surface area contributed by atoms with Crippen LogP contribution >= 0.6 is 0 Å². The fourth-order valence-electron chi connectivity index (χ4n) is 2.14. The number of carbonyl (C=O) groups is 1. The van der Waals surface area contributed by atoms with Gasteiger partial charge in [0, 0.05) is 12.1 Å². The second kappa shape index (κ2) is 5.69.